The van der Waals surface area contributed by atoms with Crippen LogP contribution in [-0.4, -0.2) is 22.1 Å². The summed E-state index contributed by atoms with van der Waals surface area (Å²) >= 11 is 9.48. The van der Waals surface area contributed by atoms with Crippen LogP contribution < -0.4 is 5.73 Å². The fourth-order valence-electron chi connectivity index (χ4n) is 1.87. The Bertz CT molecular complexity index is 670. The number of anilines is 1. The number of imidazole rings is 1. The minimum atomic E-state index is -0.537. The molecule has 0 aliphatic heterocycles. The van der Waals surface area contributed by atoms with Gasteiger partial charge in [-0.25, -0.2) is 9.78 Å². The van der Waals surface area contributed by atoms with E-state index in [0.717, 1.165) is 5.69 Å². The van der Waals surface area contributed by atoms with Crippen molar-refractivity contribution in [2.45, 2.75) is 13.8 Å². The molecule has 0 unspecified atom stereocenters. The molecule has 1 aromatic heterocycles. The van der Waals surface area contributed by atoms with Crippen LogP contribution in [0.25, 0.3) is 5.69 Å². The second-order valence-corrected chi connectivity index (χ2v) is 5.22. The molecule has 1 heterocycles. The van der Waals surface area contributed by atoms with Crippen LogP contribution in [0.3, 0.4) is 0 Å². The van der Waals surface area contributed by atoms with Gasteiger partial charge in [0.2, 0.25) is 0 Å². The van der Waals surface area contributed by atoms with E-state index in [9.17, 15) is 4.79 Å². The maximum Gasteiger partial charge on any atom is 0.360 e. The topological polar surface area (TPSA) is 70.1 Å². The molecule has 0 amide bonds. The third-order valence-electron chi connectivity index (χ3n) is 2.72. The summed E-state index contributed by atoms with van der Waals surface area (Å²) in [4.78, 5) is 16.0. The first-order valence-electron chi connectivity index (χ1n) is 5.93. The molecule has 1 aromatic carbocycles. The van der Waals surface area contributed by atoms with Gasteiger partial charge in [0.1, 0.15) is 11.6 Å². The Balaban J connectivity index is 2.59. The number of rotatable bonds is 3. The predicted octanol–water partition coefficient (Wildman–Crippen LogP) is 3.36. The zero-order valence-corrected chi connectivity index (χ0v) is 13.3. The van der Waals surface area contributed by atoms with Crippen LogP contribution in [0.4, 0.5) is 5.82 Å². The number of ether oxygens (including phenoxy) is 1. The van der Waals surface area contributed by atoms with Crippen LogP contribution in [0.15, 0.2) is 22.7 Å². The molecular formula is C13H13BrClN3O2. The first-order chi connectivity index (χ1) is 9.47. The van der Waals surface area contributed by atoms with E-state index in [-0.39, 0.29) is 18.1 Å². The highest BCUT2D eigenvalue weighted by atomic mass is 79.9. The zero-order valence-electron chi connectivity index (χ0n) is 11.0. The van der Waals surface area contributed by atoms with E-state index < -0.39 is 5.97 Å². The summed E-state index contributed by atoms with van der Waals surface area (Å²) in [5.74, 6) is 0.266. The zero-order chi connectivity index (χ0) is 14.9. The number of esters is 1. The van der Waals surface area contributed by atoms with Crippen molar-refractivity contribution in [2.24, 2.45) is 0 Å². The Morgan fingerprint density at radius 3 is 2.90 bits per heavy atom. The van der Waals surface area contributed by atoms with E-state index in [1.165, 1.54) is 0 Å². The highest BCUT2D eigenvalue weighted by molar-refractivity contribution is 9.10. The van der Waals surface area contributed by atoms with Crippen molar-refractivity contribution in [2.75, 3.05) is 12.3 Å². The van der Waals surface area contributed by atoms with E-state index in [4.69, 9.17) is 22.1 Å². The van der Waals surface area contributed by atoms with Crippen molar-refractivity contribution in [3.05, 3.63) is 39.2 Å². The number of hydrogen-bond donors (Lipinski definition) is 1. The van der Waals surface area contributed by atoms with Crippen LogP contribution in [0.1, 0.15) is 23.2 Å². The first-order valence-corrected chi connectivity index (χ1v) is 7.10. The number of benzene rings is 1. The molecule has 0 saturated heterocycles. The Kier molecular flexibility index (Phi) is 4.35. The monoisotopic (exact) mass is 357 g/mol. The van der Waals surface area contributed by atoms with Gasteiger partial charge in [-0.1, -0.05) is 17.7 Å². The minimum absolute atomic E-state index is 0.108. The highest BCUT2D eigenvalue weighted by Gasteiger charge is 2.21. The quantitative estimate of drug-likeness (QED) is 0.854. The molecule has 2 rings (SSSR count). The number of carbonyl (C=O) groups is 1. The van der Waals surface area contributed by atoms with Gasteiger partial charge in [-0.2, -0.15) is 0 Å². The summed E-state index contributed by atoms with van der Waals surface area (Å²) in [6.45, 7) is 3.75. The van der Waals surface area contributed by atoms with E-state index in [1.54, 1.807) is 30.5 Å². The molecule has 0 atom stereocenters. The molecule has 0 fully saturated rings. The summed E-state index contributed by atoms with van der Waals surface area (Å²) in [6, 6.07) is 5.38. The van der Waals surface area contributed by atoms with E-state index >= 15 is 0 Å². The summed E-state index contributed by atoms with van der Waals surface area (Å²) in [7, 11) is 0. The lowest BCUT2D eigenvalue weighted by Gasteiger charge is -2.10. The Hall–Kier alpha value is -1.53. The fraction of sp³-hybridized carbons (Fsp3) is 0.231. The van der Waals surface area contributed by atoms with Gasteiger partial charge < -0.3 is 10.5 Å². The van der Waals surface area contributed by atoms with Crippen molar-refractivity contribution in [1.29, 1.82) is 0 Å². The molecule has 106 valence electrons. The lowest BCUT2D eigenvalue weighted by atomic mass is 10.3. The number of aryl methyl sites for hydroxylation is 1. The molecule has 20 heavy (non-hydrogen) atoms. The van der Waals surface area contributed by atoms with Crippen molar-refractivity contribution >= 4 is 39.3 Å². The molecular weight excluding hydrogens is 346 g/mol. The normalized spacial score (nSPS) is 10.6. The molecule has 2 N–H and O–H groups in total. The van der Waals surface area contributed by atoms with Gasteiger partial charge in [0.25, 0.3) is 0 Å². The number of aromatic nitrogens is 2. The van der Waals surface area contributed by atoms with Crippen LogP contribution in [0.2, 0.25) is 5.02 Å². The fourth-order valence-corrected chi connectivity index (χ4v) is 2.48. The van der Waals surface area contributed by atoms with Crippen molar-refractivity contribution in [3.63, 3.8) is 0 Å². The molecule has 0 aliphatic carbocycles. The van der Waals surface area contributed by atoms with Crippen molar-refractivity contribution < 1.29 is 9.53 Å². The van der Waals surface area contributed by atoms with Crippen LogP contribution >= 0.6 is 27.5 Å². The number of halogens is 2. The van der Waals surface area contributed by atoms with Gasteiger partial charge in [-0.05, 0) is 41.9 Å². The average Bonchev–Trinajstić information content (AvgIpc) is 2.69. The summed E-state index contributed by atoms with van der Waals surface area (Å²) in [6.07, 6.45) is 0. The van der Waals surface area contributed by atoms with Crippen LogP contribution in [-0.2, 0) is 4.74 Å². The van der Waals surface area contributed by atoms with Gasteiger partial charge in [0.05, 0.1) is 21.8 Å². The maximum absolute atomic E-state index is 11.8. The number of nitrogens with two attached hydrogens (primary N) is 1. The number of nitrogens with zero attached hydrogens (tertiary/aromatic N) is 2. The smallest absolute Gasteiger partial charge is 0.360 e. The van der Waals surface area contributed by atoms with E-state index in [2.05, 4.69) is 20.9 Å². The number of hydrogen-bond acceptors (Lipinski definition) is 4. The maximum atomic E-state index is 11.8. The number of nitrogen functional groups attached to an aromatic ring is 1. The lowest BCUT2D eigenvalue weighted by Crippen LogP contribution is -2.09. The predicted molar refractivity (Wildman–Crippen MR) is 81.4 cm³/mol. The van der Waals surface area contributed by atoms with Gasteiger partial charge in [0.15, 0.2) is 5.69 Å². The number of carbonyl (C=O) groups excluding carboxylic acids is 1. The molecule has 2 aromatic rings. The minimum Gasteiger partial charge on any atom is -0.461 e. The Morgan fingerprint density at radius 1 is 1.55 bits per heavy atom. The molecule has 0 saturated carbocycles. The van der Waals surface area contributed by atoms with Gasteiger partial charge in [0, 0.05) is 0 Å². The molecule has 0 radical (unpaired) electrons. The van der Waals surface area contributed by atoms with Crippen LogP contribution in [0, 0.1) is 6.92 Å². The van der Waals surface area contributed by atoms with Gasteiger partial charge >= 0.3 is 5.97 Å². The van der Waals surface area contributed by atoms with E-state index in [1.807, 2.05) is 6.07 Å². The average molecular weight is 359 g/mol. The SMILES string of the molecule is CCOC(=O)c1nc(C)n(-c2cccc(Cl)c2Br)c1N. The first kappa shape index (κ1) is 14.9. The summed E-state index contributed by atoms with van der Waals surface area (Å²) in [5.41, 5.74) is 6.85. The highest BCUT2D eigenvalue weighted by Crippen LogP contribution is 2.32. The van der Waals surface area contributed by atoms with E-state index in [0.29, 0.717) is 15.3 Å². The van der Waals surface area contributed by atoms with Gasteiger partial charge in [-0.3, -0.25) is 4.57 Å². The molecule has 0 spiro atoms. The Labute approximate surface area is 129 Å². The lowest BCUT2D eigenvalue weighted by molar-refractivity contribution is 0.0521. The Morgan fingerprint density at radius 2 is 2.25 bits per heavy atom. The largest absolute Gasteiger partial charge is 0.461 e. The molecule has 7 heteroatoms. The van der Waals surface area contributed by atoms with Gasteiger partial charge in [-0.15, -0.1) is 0 Å². The van der Waals surface area contributed by atoms with Crippen molar-refractivity contribution in [3.8, 4) is 5.69 Å². The standard InChI is InChI=1S/C13H13BrClN3O2/c1-3-20-13(19)11-12(16)18(7(2)17-11)9-6-4-5-8(15)10(9)14/h4-6H,3,16H2,1-2H3. The third kappa shape index (κ3) is 2.53. The van der Waals surface area contributed by atoms with Crippen LogP contribution in [0.5, 0.6) is 0 Å². The second-order valence-electron chi connectivity index (χ2n) is 4.02. The second kappa shape index (κ2) is 5.85. The summed E-state index contributed by atoms with van der Waals surface area (Å²) < 4.78 is 7.27. The third-order valence-corrected chi connectivity index (χ3v) is 4.10. The molecule has 0 aliphatic rings. The molecule has 5 nitrogen and oxygen atoms in total. The molecule has 0 bridgehead atoms. The van der Waals surface area contributed by atoms with Crippen molar-refractivity contribution in [1.82, 2.24) is 9.55 Å². The summed E-state index contributed by atoms with van der Waals surface area (Å²) in [5, 5.41) is 0.549.